The lowest BCUT2D eigenvalue weighted by Gasteiger charge is -2.19. The number of carboxylic acid groups (broad SMARTS) is 1. The largest absolute Gasteiger partial charge is 0.478 e. The summed E-state index contributed by atoms with van der Waals surface area (Å²) in [6, 6.07) is 7.17. The number of benzene rings is 1. The fourth-order valence-electron chi connectivity index (χ4n) is 2.06. The molecular formula is C15H19NO3. The molecule has 0 aliphatic rings. The zero-order valence-electron chi connectivity index (χ0n) is 11.5. The highest BCUT2D eigenvalue weighted by molar-refractivity contribution is 6.02. The molecule has 0 saturated heterocycles. The summed E-state index contributed by atoms with van der Waals surface area (Å²) in [5.41, 5.74) is 1.11. The average Bonchev–Trinajstić information content (AvgIpc) is 2.70. The molecule has 0 fully saturated rings. The number of hydrogen-bond acceptors (Lipinski definition) is 2. The Labute approximate surface area is 112 Å². The predicted octanol–water partition coefficient (Wildman–Crippen LogP) is 3.15. The first-order valence-corrected chi connectivity index (χ1v) is 6.33. The molecule has 0 unspecified atom stereocenters. The van der Waals surface area contributed by atoms with Crippen molar-refractivity contribution in [1.29, 1.82) is 0 Å². The van der Waals surface area contributed by atoms with Crippen LogP contribution in [0.2, 0.25) is 0 Å². The van der Waals surface area contributed by atoms with Crippen molar-refractivity contribution in [3.8, 4) is 0 Å². The van der Waals surface area contributed by atoms with Crippen LogP contribution in [-0.2, 0) is 11.3 Å². The fraction of sp³-hybridized carbons (Fsp3) is 0.400. The highest BCUT2D eigenvalue weighted by atomic mass is 16.5. The van der Waals surface area contributed by atoms with Crippen molar-refractivity contribution in [2.45, 2.75) is 32.9 Å². The molecule has 0 saturated carbocycles. The third kappa shape index (κ3) is 3.15. The van der Waals surface area contributed by atoms with Gasteiger partial charge in [-0.1, -0.05) is 6.07 Å². The summed E-state index contributed by atoms with van der Waals surface area (Å²) < 4.78 is 7.71. The van der Waals surface area contributed by atoms with E-state index in [1.54, 1.807) is 12.1 Å². The molecule has 0 radical (unpaired) electrons. The summed E-state index contributed by atoms with van der Waals surface area (Å²) in [5, 5.41) is 9.91. The summed E-state index contributed by atoms with van der Waals surface area (Å²) >= 11 is 0. The molecule has 1 heterocycles. The minimum atomic E-state index is -0.894. The first kappa shape index (κ1) is 13.6. The summed E-state index contributed by atoms with van der Waals surface area (Å²) in [6.45, 7) is 7.37. The normalized spacial score (nSPS) is 11.9. The van der Waals surface area contributed by atoms with Crippen LogP contribution < -0.4 is 0 Å². The molecule has 4 heteroatoms. The van der Waals surface area contributed by atoms with E-state index >= 15 is 0 Å². The van der Waals surface area contributed by atoms with Crippen molar-refractivity contribution in [2.75, 3.05) is 6.61 Å². The van der Waals surface area contributed by atoms with Gasteiger partial charge in [-0.2, -0.15) is 0 Å². The van der Waals surface area contributed by atoms with Crippen LogP contribution in [0.4, 0.5) is 0 Å². The minimum Gasteiger partial charge on any atom is -0.478 e. The number of aromatic carboxylic acids is 1. The topological polar surface area (TPSA) is 51.5 Å². The molecule has 4 nitrogen and oxygen atoms in total. The molecule has 0 spiro atoms. The van der Waals surface area contributed by atoms with Crippen molar-refractivity contribution in [2.24, 2.45) is 0 Å². The Balaban J connectivity index is 2.22. The number of hydrogen-bond donors (Lipinski definition) is 1. The maximum absolute atomic E-state index is 11.1. The van der Waals surface area contributed by atoms with Crippen molar-refractivity contribution in [3.63, 3.8) is 0 Å². The molecule has 0 atom stereocenters. The maximum atomic E-state index is 11.1. The quantitative estimate of drug-likeness (QED) is 0.919. The summed E-state index contributed by atoms with van der Waals surface area (Å²) in [6.07, 6.45) is 1.91. The van der Waals surface area contributed by atoms with Crippen molar-refractivity contribution in [1.82, 2.24) is 4.57 Å². The van der Waals surface area contributed by atoms with Crippen molar-refractivity contribution in [3.05, 3.63) is 36.0 Å². The molecule has 2 aromatic rings. The summed E-state index contributed by atoms with van der Waals surface area (Å²) in [4.78, 5) is 11.1. The van der Waals surface area contributed by atoms with E-state index in [0.29, 0.717) is 18.7 Å². The van der Waals surface area contributed by atoms with Crippen LogP contribution >= 0.6 is 0 Å². The van der Waals surface area contributed by atoms with Gasteiger partial charge < -0.3 is 14.4 Å². The lowest BCUT2D eigenvalue weighted by Crippen LogP contribution is -2.21. The number of carboxylic acids is 1. The van der Waals surface area contributed by atoms with E-state index in [1.165, 1.54) is 0 Å². The molecule has 0 amide bonds. The van der Waals surface area contributed by atoms with E-state index in [9.17, 15) is 4.79 Å². The van der Waals surface area contributed by atoms with Gasteiger partial charge in [0.15, 0.2) is 0 Å². The molecule has 1 aromatic heterocycles. The fourth-order valence-corrected chi connectivity index (χ4v) is 2.06. The molecule has 1 N–H and O–H groups in total. The lowest BCUT2D eigenvalue weighted by atomic mass is 10.1. The first-order chi connectivity index (χ1) is 8.88. The molecular weight excluding hydrogens is 242 g/mol. The zero-order valence-corrected chi connectivity index (χ0v) is 11.5. The van der Waals surface area contributed by atoms with E-state index in [2.05, 4.69) is 0 Å². The van der Waals surface area contributed by atoms with E-state index in [-0.39, 0.29) is 5.60 Å². The Hall–Kier alpha value is -1.81. The van der Waals surface area contributed by atoms with Crippen molar-refractivity contribution < 1.29 is 14.6 Å². The van der Waals surface area contributed by atoms with Crippen LogP contribution in [0, 0.1) is 0 Å². The highest BCUT2D eigenvalue weighted by Crippen LogP contribution is 2.20. The third-order valence-corrected chi connectivity index (χ3v) is 2.91. The van der Waals surface area contributed by atoms with Crippen LogP contribution in [0.5, 0.6) is 0 Å². The second-order valence-electron chi connectivity index (χ2n) is 5.51. The van der Waals surface area contributed by atoms with Gasteiger partial charge in [-0.25, -0.2) is 4.79 Å². The molecule has 0 bridgehead atoms. The zero-order chi connectivity index (χ0) is 14.0. The second kappa shape index (κ2) is 5.05. The van der Waals surface area contributed by atoms with Gasteiger partial charge in [0.25, 0.3) is 0 Å². The Morgan fingerprint density at radius 3 is 2.68 bits per heavy atom. The monoisotopic (exact) mass is 261 g/mol. The molecule has 0 aliphatic carbocycles. The number of fused-ring (bicyclic) bond motifs is 1. The number of ether oxygens (including phenoxy) is 1. The third-order valence-electron chi connectivity index (χ3n) is 2.91. The van der Waals surface area contributed by atoms with Gasteiger partial charge in [0.05, 0.1) is 17.8 Å². The van der Waals surface area contributed by atoms with Crippen LogP contribution in [0.25, 0.3) is 10.9 Å². The Morgan fingerprint density at radius 1 is 1.32 bits per heavy atom. The lowest BCUT2D eigenvalue weighted by molar-refractivity contribution is -0.00644. The molecule has 2 rings (SSSR count). The SMILES string of the molecule is CC(C)(C)OCCn1ccc2c(C(=O)O)cccc21. The van der Waals surface area contributed by atoms with Gasteiger partial charge in [-0.3, -0.25) is 0 Å². The molecule has 19 heavy (non-hydrogen) atoms. The van der Waals surface area contributed by atoms with Gasteiger partial charge in [-0.15, -0.1) is 0 Å². The van der Waals surface area contributed by atoms with Gasteiger partial charge in [0.1, 0.15) is 0 Å². The Bertz CT molecular complexity index is 593. The van der Waals surface area contributed by atoms with Gasteiger partial charge in [-0.05, 0) is 39.0 Å². The summed E-state index contributed by atoms with van der Waals surface area (Å²) in [5.74, 6) is -0.894. The standard InChI is InChI=1S/C15H19NO3/c1-15(2,3)19-10-9-16-8-7-11-12(14(17)18)5-4-6-13(11)16/h4-8H,9-10H2,1-3H3,(H,17,18). The minimum absolute atomic E-state index is 0.158. The van der Waals surface area contributed by atoms with Gasteiger partial charge in [0, 0.05) is 23.6 Å². The maximum Gasteiger partial charge on any atom is 0.336 e. The molecule has 1 aromatic carbocycles. The van der Waals surface area contributed by atoms with Crippen LogP contribution in [-0.4, -0.2) is 27.9 Å². The van der Waals surface area contributed by atoms with Gasteiger partial charge in [0.2, 0.25) is 0 Å². The highest BCUT2D eigenvalue weighted by Gasteiger charge is 2.12. The number of nitrogens with zero attached hydrogens (tertiary/aromatic N) is 1. The average molecular weight is 261 g/mol. The molecule has 0 aliphatic heterocycles. The van der Waals surface area contributed by atoms with Crippen LogP contribution in [0.3, 0.4) is 0 Å². The first-order valence-electron chi connectivity index (χ1n) is 6.33. The number of aromatic nitrogens is 1. The van der Waals surface area contributed by atoms with Gasteiger partial charge >= 0.3 is 5.97 Å². The number of carbonyl (C=O) groups is 1. The molecule has 102 valence electrons. The van der Waals surface area contributed by atoms with E-state index in [4.69, 9.17) is 9.84 Å². The van der Waals surface area contributed by atoms with E-state index in [1.807, 2.05) is 43.7 Å². The Kier molecular flexibility index (Phi) is 3.62. The Morgan fingerprint density at radius 2 is 2.05 bits per heavy atom. The summed E-state index contributed by atoms with van der Waals surface area (Å²) in [7, 11) is 0. The van der Waals surface area contributed by atoms with E-state index in [0.717, 1.165) is 10.9 Å². The van der Waals surface area contributed by atoms with Crippen LogP contribution in [0.15, 0.2) is 30.5 Å². The smallest absolute Gasteiger partial charge is 0.336 e. The van der Waals surface area contributed by atoms with Crippen LogP contribution in [0.1, 0.15) is 31.1 Å². The second-order valence-corrected chi connectivity index (χ2v) is 5.51. The number of rotatable bonds is 4. The van der Waals surface area contributed by atoms with E-state index < -0.39 is 5.97 Å². The predicted molar refractivity (Wildman–Crippen MR) is 74.6 cm³/mol. The van der Waals surface area contributed by atoms with Crippen molar-refractivity contribution >= 4 is 16.9 Å².